The monoisotopic (exact) mass is 558 g/mol. The summed E-state index contributed by atoms with van der Waals surface area (Å²) in [4.78, 5) is 0. The largest absolute Gasteiger partial charge is 0.490 e. The summed E-state index contributed by atoms with van der Waals surface area (Å²) >= 11 is 0. The van der Waals surface area contributed by atoms with Gasteiger partial charge in [0.2, 0.25) is 5.82 Å². The zero-order valence-corrected chi connectivity index (χ0v) is 24.3. The number of hydrogen-bond acceptors (Lipinski definition) is 1. The molecule has 0 saturated heterocycles. The summed E-state index contributed by atoms with van der Waals surface area (Å²) in [6, 6.07) is 15.6. The highest BCUT2D eigenvalue weighted by molar-refractivity contribution is 5.74. The zero-order chi connectivity index (χ0) is 28.8. The summed E-state index contributed by atoms with van der Waals surface area (Å²) < 4.78 is 50.1. The highest BCUT2D eigenvalue weighted by Crippen LogP contribution is 2.42. The third-order valence-corrected chi connectivity index (χ3v) is 9.05. The lowest BCUT2D eigenvalue weighted by atomic mass is 9.71. The van der Waals surface area contributed by atoms with Gasteiger partial charge in [-0.2, -0.15) is 4.39 Å². The molecule has 0 spiro atoms. The van der Waals surface area contributed by atoms with Gasteiger partial charge in [0.1, 0.15) is 5.82 Å². The van der Waals surface area contributed by atoms with Gasteiger partial charge in [0, 0.05) is 11.1 Å². The smallest absolute Gasteiger partial charge is 0.201 e. The molecule has 3 aromatic carbocycles. The Labute approximate surface area is 243 Å². The van der Waals surface area contributed by atoms with Crippen LogP contribution >= 0.6 is 0 Å². The Morgan fingerprint density at radius 3 is 2.15 bits per heavy atom. The minimum atomic E-state index is -0.972. The van der Waals surface area contributed by atoms with Crippen molar-refractivity contribution in [1.29, 1.82) is 0 Å². The molecule has 0 aliphatic heterocycles. The van der Waals surface area contributed by atoms with E-state index < -0.39 is 11.6 Å². The van der Waals surface area contributed by atoms with Gasteiger partial charge in [-0.05, 0) is 117 Å². The van der Waals surface area contributed by atoms with Crippen LogP contribution in [0.1, 0.15) is 77.2 Å². The average Bonchev–Trinajstić information content (AvgIpc) is 3.00. The van der Waals surface area contributed by atoms with Crippen LogP contribution in [0.2, 0.25) is 0 Å². The van der Waals surface area contributed by atoms with E-state index in [1.54, 1.807) is 24.3 Å². The Hall–Kier alpha value is -3.27. The van der Waals surface area contributed by atoms with Crippen LogP contribution in [-0.2, 0) is 0 Å². The van der Waals surface area contributed by atoms with Gasteiger partial charge < -0.3 is 4.74 Å². The first-order chi connectivity index (χ1) is 20.0. The van der Waals surface area contributed by atoms with Gasteiger partial charge in [0.25, 0.3) is 0 Å². The van der Waals surface area contributed by atoms with Gasteiger partial charge in [-0.25, -0.2) is 8.78 Å². The predicted octanol–water partition coefficient (Wildman–Crippen LogP) is 11.2. The molecule has 1 fully saturated rings. The van der Waals surface area contributed by atoms with Gasteiger partial charge in [-0.15, -0.1) is 0 Å². The summed E-state index contributed by atoms with van der Waals surface area (Å²) in [5.74, 6) is 0.0889. The van der Waals surface area contributed by atoms with Crippen LogP contribution in [0.25, 0.3) is 27.8 Å². The zero-order valence-electron chi connectivity index (χ0n) is 24.3. The summed E-state index contributed by atoms with van der Waals surface area (Å²) in [7, 11) is 0. The molecule has 216 valence electrons. The molecule has 0 radical (unpaired) electrons. The molecule has 0 heterocycles. The topological polar surface area (TPSA) is 9.23 Å². The van der Waals surface area contributed by atoms with Crippen LogP contribution in [0.4, 0.5) is 13.2 Å². The number of benzene rings is 3. The Kier molecular flexibility index (Phi) is 9.69. The van der Waals surface area contributed by atoms with E-state index in [1.165, 1.54) is 31.7 Å². The van der Waals surface area contributed by atoms with Crippen LogP contribution in [0.3, 0.4) is 0 Å². The fraction of sp³-hybridized carbons (Fsp3) is 0.405. The minimum absolute atomic E-state index is 0.0670. The fourth-order valence-electron chi connectivity index (χ4n) is 6.60. The Morgan fingerprint density at radius 1 is 0.780 bits per heavy atom. The van der Waals surface area contributed by atoms with E-state index in [0.717, 1.165) is 60.6 Å². The lowest BCUT2D eigenvalue weighted by Crippen LogP contribution is -2.22. The van der Waals surface area contributed by atoms with Crippen molar-refractivity contribution in [2.45, 2.75) is 71.6 Å². The summed E-state index contributed by atoms with van der Waals surface area (Å²) in [5, 5.41) is 0. The van der Waals surface area contributed by atoms with E-state index in [1.807, 2.05) is 31.2 Å². The highest BCUT2D eigenvalue weighted by Gasteiger charge is 2.28. The van der Waals surface area contributed by atoms with Crippen LogP contribution < -0.4 is 4.74 Å². The van der Waals surface area contributed by atoms with Crippen molar-refractivity contribution in [3.63, 3.8) is 0 Å². The van der Waals surface area contributed by atoms with E-state index in [0.29, 0.717) is 23.7 Å². The van der Waals surface area contributed by atoms with Gasteiger partial charge in [0.15, 0.2) is 11.6 Å². The SMILES string of the molecule is CC=CC1CCC(C2CC=C(c3ccc(-c4ccc(-c5ccc(OCCCC)c(F)c5F)cc4)cc3F)CC2)CC1. The molecule has 0 amide bonds. The lowest BCUT2D eigenvalue weighted by Gasteiger charge is -2.35. The van der Waals surface area contributed by atoms with E-state index in [2.05, 4.69) is 25.2 Å². The number of halogens is 3. The van der Waals surface area contributed by atoms with E-state index in [9.17, 15) is 8.78 Å². The van der Waals surface area contributed by atoms with Crippen LogP contribution in [0.5, 0.6) is 5.75 Å². The number of rotatable bonds is 9. The molecule has 1 unspecified atom stereocenters. The quantitative estimate of drug-likeness (QED) is 0.187. The second-order valence-corrected chi connectivity index (χ2v) is 11.7. The molecular formula is C37H41F3O. The second-order valence-electron chi connectivity index (χ2n) is 11.7. The molecule has 5 rings (SSSR count). The van der Waals surface area contributed by atoms with Crippen molar-refractivity contribution in [2.24, 2.45) is 17.8 Å². The minimum Gasteiger partial charge on any atom is -0.490 e. The maximum atomic E-state index is 15.3. The maximum absolute atomic E-state index is 15.3. The van der Waals surface area contributed by atoms with Crippen molar-refractivity contribution in [3.8, 4) is 28.0 Å². The van der Waals surface area contributed by atoms with Crippen molar-refractivity contribution in [1.82, 2.24) is 0 Å². The molecule has 3 aromatic rings. The number of unbranched alkanes of at least 4 members (excludes halogenated alkanes) is 1. The van der Waals surface area contributed by atoms with Crippen LogP contribution in [-0.4, -0.2) is 6.61 Å². The molecule has 1 saturated carbocycles. The Morgan fingerprint density at radius 2 is 1.49 bits per heavy atom. The average molecular weight is 559 g/mol. The predicted molar refractivity (Wildman–Crippen MR) is 163 cm³/mol. The summed E-state index contributed by atoms with van der Waals surface area (Å²) in [6.45, 7) is 4.47. The molecule has 0 bridgehead atoms. The van der Waals surface area contributed by atoms with Crippen molar-refractivity contribution in [3.05, 3.63) is 95.8 Å². The number of hydrogen-bond donors (Lipinski definition) is 0. The van der Waals surface area contributed by atoms with E-state index in [4.69, 9.17) is 4.74 Å². The molecule has 1 nitrogen and oxygen atoms in total. The van der Waals surface area contributed by atoms with Gasteiger partial charge in [0.05, 0.1) is 6.61 Å². The molecule has 4 heteroatoms. The molecule has 0 aromatic heterocycles. The normalized spacial score (nSPS) is 21.2. The first-order valence-electron chi connectivity index (χ1n) is 15.3. The first-order valence-corrected chi connectivity index (χ1v) is 15.3. The molecule has 41 heavy (non-hydrogen) atoms. The van der Waals surface area contributed by atoms with Gasteiger partial charge in [-0.1, -0.05) is 68.0 Å². The van der Waals surface area contributed by atoms with Crippen molar-refractivity contribution < 1.29 is 17.9 Å². The van der Waals surface area contributed by atoms with Crippen LogP contribution in [0.15, 0.2) is 72.8 Å². The number of allylic oxidation sites excluding steroid dienone is 4. The third kappa shape index (κ3) is 6.80. The molecule has 2 aliphatic carbocycles. The second kappa shape index (κ2) is 13.6. The highest BCUT2D eigenvalue weighted by atomic mass is 19.2. The summed E-state index contributed by atoms with van der Waals surface area (Å²) in [5.41, 5.74) is 4.12. The fourth-order valence-corrected chi connectivity index (χ4v) is 6.60. The van der Waals surface area contributed by atoms with E-state index >= 15 is 4.39 Å². The van der Waals surface area contributed by atoms with Crippen molar-refractivity contribution in [2.75, 3.05) is 6.61 Å². The number of ether oxygens (including phenoxy) is 1. The van der Waals surface area contributed by atoms with Crippen molar-refractivity contribution >= 4 is 5.57 Å². The first kappa shape index (κ1) is 29.2. The molecule has 1 atom stereocenters. The third-order valence-electron chi connectivity index (χ3n) is 9.05. The van der Waals surface area contributed by atoms with Crippen LogP contribution in [0, 0.1) is 35.2 Å². The molecule has 0 N–H and O–H groups in total. The van der Waals surface area contributed by atoms with Gasteiger partial charge in [-0.3, -0.25) is 0 Å². The summed E-state index contributed by atoms with van der Waals surface area (Å²) in [6.07, 6.45) is 16.8. The molecular weight excluding hydrogens is 517 g/mol. The molecule has 2 aliphatic rings. The van der Waals surface area contributed by atoms with E-state index in [-0.39, 0.29) is 17.1 Å². The Balaban J connectivity index is 1.24. The van der Waals surface area contributed by atoms with Gasteiger partial charge >= 0.3 is 0 Å². The Bertz CT molecular complexity index is 1380. The lowest BCUT2D eigenvalue weighted by molar-refractivity contribution is 0.212. The standard InChI is InChI=1S/C37H41F3O/c1-3-5-23-41-35-22-21-33(36(39)37(35)40)30-17-13-28(14-18-30)31-19-20-32(34(38)24-31)29-15-11-27(12-16-29)26-9-7-25(6-4-2)8-10-26/h4,6,13-15,17-22,24-27H,3,5,7-12,16,23H2,1-2H3. The maximum Gasteiger partial charge on any atom is 0.201 e.